The molecule has 2 aromatic rings. The molecular formula is C14H12N2O4. The van der Waals surface area contributed by atoms with Gasteiger partial charge in [0.05, 0.1) is 9.85 Å². The van der Waals surface area contributed by atoms with Gasteiger partial charge in [-0.1, -0.05) is 24.3 Å². The first-order valence-corrected chi connectivity index (χ1v) is 5.95. The molecule has 0 aliphatic heterocycles. The highest BCUT2D eigenvalue weighted by atomic mass is 16.6. The first kappa shape index (κ1) is 13.7. The number of nitro benzene ring substituents is 2. The van der Waals surface area contributed by atoms with E-state index in [9.17, 15) is 20.2 Å². The van der Waals surface area contributed by atoms with Crippen LogP contribution in [0.25, 0.3) is 0 Å². The molecule has 0 aromatic heterocycles. The summed E-state index contributed by atoms with van der Waals surface area (Å²) < 4.78 is 0. The van der Waals surface area contributed by atoms with Gasteiger partial charge in [-0.3, -0.25) is 20.2 Å². The van der Waals surface area contributed by atoms with Crippen molar-refractivity contribution in [3.05, 3.63) is 79.4 Å². The van der Waals surface area contributed by atoms with E-state index in [-0.39, 0.29) is 11.4 Å². The summed E-state index contributed by atoms with van der Waals surface area (Å²) in [6, 6.07) is 11.2. The lowest BCUT2D eigenvalue weighted by Crippen LogP contribution is -1.98. The summed E-state index contributed by atoms with van der Waals surface area (Å²) >= 11 is 0. The van der Waals surface area contributed by atoms with Gasteiger partial charge < -0.3 is 0 Å². The maximum atomic E-state index is 10.9. The molecule has 0 aliphatic carbocycles. The third kappa shape index (κ3) is 2.80. The SMILES string of the molecule is Cc1c(Cc2cccc([N+](=O)[O-])c2)cccc1[N+](=O)[O-]. The van der Waals surface area contributed by atoms with Crippen LogP contribution in [0.4, 0.5) is 11.4 Å². The molecule has 0 atom stereocenters. The Morgan fingerprint density at radius 3 is 2.35 bits per heavy atom. The Morgan fingerprint density at radius 2 is 1.70 bits per heavy atom. The molecule has 0 N–H and O–H groups in total. The predicted octanol–water partition coefficient (Wildman–Crippen LogP) is 3.40. The van der Waals surface area contributed by atoms with Crippen molar-refractivity contribution in [2.75, 3.05) is 0 Å². The Balaban J connectivity index is 2.35. The van der Waals surface area contributed by atoms with Crippen LogP contribution in [0.5, 0.6) is 0 Å². The lowest BCUT2D eigenvalue weighted by atomic mass is 9.99. The second-order valence-electron chi connectivity index (χ2n) is 4.42. The van der Waals surface area contributed by atoms with Crippen molar-refractivity contribution < 1.29 is 9.85 Å². The van der Waals surface area contributed by atoms with Crippen molar-refractivity contribution in [2.24, 2.45) is 0 Å². The van der Waals surface area contributed by atoms with Gasteiger partial charge >= 0.3 is 0 Å². The molecule has 0 radical (unpaired) electrons. The Kier molecular flexibility index (Phi) is 3.74. The summed E-state index contributed by atoms with van der Waals surface area (Å²) in [6.07, 6.45) is 0.426. The van der Waals surface area contributed by atoms with E-state index >= 15 is 0 Å². The highest BCUT2D eigenvalue weighted by Gasteiger charge is 2.14. The van der Waals surface area contributed by atoms with E-state index in [0.717, 1.165) is 11.1 Å². The maximum Gasteiger partial charge on any atom is 0.272 e. The van der Waals surface area contributed by atoms with Crippen molar-refractivity contribution in [3.8, 4) is 0 Å². The monoisotopic (exact) mass is 272 g/mol. The lowest BCUT2D eigenvalue weighted by Gasteiger charge is -2.06. The largest absolute Gasteiger partial charge is 0.272 e. The molecule has 2 aromatic carbocycles. The van der Waals surface area contributed by atoms with E-state index in [4.69, 9.17) is 0 Å². The first-order valence-electron chi connectivity index (χ1n) is 5.95. The van der Waals surface area contributed by atoms with Gasteiger partial charge in [0.25, 0.3) is 11.4 Å². The normalized spacial score (nSPS) is 10.2. The van der Waals surface area contributed by atoms with Crippen LogP contribution in [-0.4, -0.2) is 9.85 Å². The van der Waals surface area contributed by atoms with Gasteiger partial charge in [0, 0.05) is 23.8 Å². The summed E-state index contributed by atoms with van der Waals surface area (Å²) in [4.78, 5) is 20.7. The Hall–Kier alpha value is -2.76. The van der Waals surface area contributed by atoms with E-state index in [0.29, 0.717) is 12.0 Å². The average molecular weight is 272 g/mol. The number of benzene rings is 2. The van der Waals surface area contributed by atoms with Crippen LogP contribution in [0.1, 0.15) is 16.7 Å². The van der Waals surface area contributed by atoms with E-state index in [1.54, 1.807) is 31.2 Å². The van der Waals surface area contributed by atoms with Crippen molar-refractivity contribution in [3.63, 3.8) is 0 Å². The van der Waals surface area contributed by atoms with E-state index < -0.39 is 9.85 Å². The Bertz CT molecular complexity index is 683. The highest BCUT2D eigenvalue weighted by molar-refractivity contribution is 5.47. The summed E-state index contributed by atoms with van der Waals surface area (Å²) in [6.45, 7) is 1.69. The zero-order chi connectivity index (χ0) is 14.7. The number of non-ortho nitro benzene ring substituents is 1. The predicted molar refractivity (Wildman–Crippen MR) is 73.7 cm³/mol. The van der Waals surface area contributed by atoms with Gasteiger partial charge in [-0.05, 0) is 24.5 Å². The van der Waals surface area contributed by atoms with Crippen molar-refractivity contribution in [1.82, 2.24) is 0 Å². The molecule has 2 rings (SSSR count). The number of hydrogen-bond acceptors (Lipinski definition) is 4. The smallest absolute Gasteiger partial charge is 0.258 e. The van der Waals surface area contributed by atoms with Gasteiger partial charge in [-0.15, -0.1) is 0 Å². The summed E-state index contributed by atoms with van der Waals surface area (Å²) in [5, 5.41) is 21.6. The second kappa shape index (κ2) is 5.48. The first-order chi connectivity index (χ1) is 9.49. The van der Waals surface area contributed by atoms with Crippen LogP contribution in [0.2, 0.25) is 0 Å². The molecule has 0 heterocycles. The number of nitro groups is 2. The quantitative estimate of drug-likeness (QED) is 0.630. The topological polar surface area (TPSA) is 86.3 Å². The van der Waals surface area contributed by atoms with Crippen LogP contribution in [0.15, 0.2) is 42.5 Å². The van der Waals surface area contributed by atoms with Gasteiger partial charge in [-0.2, -0.15) is 0 Å². The van der Waals surface area contributed by atoms with Gasteiger partial charge in [0.1, 0.15) is 0 Å². The van der Waals surface area contributed by atoms with Crippen molar-refractivity contribution in [1.29, 1.82) is 0 Å². The minimum Gasteiger partial charge on any atom is -0.258 e. The van der Waals surface area contributed by atoms with Crippen LogP contribution in [0.3, 0.4) is 0 Å². The van der Waals surface area contributed by atoms with E-state index in [1.165, 1.54) is 18.2 Å². The zero-order valence-corrected chi connectivity index (χ0v) is 10.8. The Labute approximate surface area is 115 Å². The number of nitrogens with zero attached hydrogens (tertiary/aromatic N) is 2. The molecular weight excluding hydrogens is 260 g/mol. The molecule has 102 valence electrons. The molecule has 0 amide bonds. The van der Waals surface area contributed by atoms with E-state index in [2.05, 4.69) is 0 Å². The van der Waals surface area contributed by atoms with Crippen LogP contribution < -0.4 is 0 Å². The summed E-state index contributed by atoms with van der Waals surface area (Å²) in [5.41, 5.74) is 2.21. The van der Waals surface area contributed by atoms with E-state index in [1.807, 2.05) is 0 Å². The number of rotatable bonds is 4. The third-order valence-corrected chi connectivity index (χ3v) is 3.13. The summed E-state index contributed by atoms with van der Waals surface area (Å²) in [7, 11) is 0. The molecule has 0 bridgehead atoms. The molecule has 0 spiro atoms. The Morgan fingerprint density at radius 1 is 1.00 bits per heavy atom. The molecule has 20 heavy (non-hydrogen) atoms. The fraction of sp³-hybridized carbons (Fsp3) is 0.143. The highest BCUT2D eigenvalue weighted by Crippen LogP contribution is 2.24. The fourth-order valence-electron chi connectivity index (χ4n) is 2.06. The van der Waals surface area contributed by atoms with Gasteiger partial charge in [0.15, 0.2) is 0 Å². The van der Waals surface area contributed by atoms with Gasteiger partial charge in [0.2, 0.25) is 0 Å². The maximum absolute atomic E-state index is 10.9. The standard InChI is InChI=1S/C14H12N2O4/c1-10-12(5-3-7-14(10)16(19)20)8-11-4-2-6-13(9-11)15(17)18/h2-7,9H,8H2,1H3. The van der Waals surface area contributed by atoms with Crippen molar-refractivity contribution in [2.45, 2.75) is 13.3 Å². The van der Waals surface area contributed by atoms with Gasteiger partial charge in [-0.25, -0.2) is 0 Å². The molecule has 0 saturated carbocycles. The second-order valence-corrected chi connectivity index (χ2v) is 4.42. The van der Waals surface area contributed by atoms with Crippen molar-refractivity contribution >= 4 is 11.4 Å². The average Bonchev–Trinajstić information content (AvgIpc) is 2.41. The molecule has 0 unspecified atom stereocenters. The fourth-order valence-corrected chi connectivity index (χ4v) is 2.06. The van der Waals surface area contributed by atoms with Crippen LogP contribution >= 0.6 is 0 Å². The molecule has 0 fully saturated rings. The zero-order valence-electron chi connectivity index (χ0n) is 10.8. The summed E-state index contributed by atoms with van der Waals surface area (Å²) in [5.74, 6) is 0. The minimum absolute atomic E-state index is 0.0191. The molecule has 6 nitrogen and oxygen atoms in total. The number of hydrogen-bond donors (Lipinski definition) is 0. The third-order valence-electron chi connectivity index (χ3n) is 3.13. The minimum atomic E-state index is -0.455. The van der Waals surface area contributed by atoms with Crippen LogP contribution in [-0.2, 0) is 6.42 Å². The molecule has 0 saturated heterocycles. The van der Waals surface area contributed by atoms with Crippen LogP contribution in [0, 0.1) is 27.2 Å². The molecule has 0 aliphatic rings. The molecule has 6 heteroatoms. The lowest BCUT2D eigenvalue weighted by molar-refractivity contribution is -0.385.